The first-order valence-corrected chi connectivity index (χ1v) is 14.2. The summed E-state index contributed by atoms with van der Waals surface area (Å²) >= 11 is 0. The van der Waals surface area contributed by atoms with Crippen LogP contribution in [0.1, 0.15) is 70.6 Å². The number of Topliss-reactive ketones (excluding diaryl/α,β-unsaturated/α-hetero) is 1. The number of fused-ring (bicyclic) bond motifs is 1. The number of aliphatic imine (C=N–C) groups is 1. The number of ketones is 1. The molecule has 1 aliphatic heterocycles. The molecule has 4 saturated carbocycles. The summed E-state index contributed by atoms with van der Waals surface area (Å²) in [6, 6.07) is 0. The molecule has 0 aromatic carbocycles. The molecule has 8 nitrogen and oxygen atoms in total. The highest BCUT2D eigenvalue weighted by atomic mass is 16.4. The van der Waals surface area contributed by atoms with Crippen LogP contribution in [0.4, 0.5) is 0 Å². The average Bonchev–Trinajstić information content (AvgIpc) is 3.47. The molecule has 5 N–H and O–H groups in total. The first-order valence-electron chi connectivity index (χ1n) is 14.2. The molecule has 0 unspecified atom stereocenters. The Labute approximate surface area is 219 Å². The van der Waals surface area contributed by atoms with Gasteiger partial charge in [-0.1, -0.05) is 18.9 Å². The second-order valence-corrected chi connectivity index (χ2v) is 12.9. The topological polar surface area (TPSA) is 128 Å². The van der Waals surface area contributed by atoms with Gasteiger partial charge in [0, 0.05) is 43.6 Å². The zero-order valence-electron chi connectivity index (χ0n) is 22.3. The first-order chi connectivity index (χ1) is 17.7. The second-order valence-electron chi connectivity index (χ2n) is 12.9. The van der Waals surface area contributed by atoms with Crippen LogP contribution in [0.15, 0.2) is 28.4 Å². The Hall–Kier alpha value is -2.19. The van der Waals surface area contributed by atoms with Crippen LogP contribution in [0.2, 0.25) is 0 Å². The average molecular weight is 511 g/mol. The molecule has 0 radical (unpaired) electrons. The van der Waals surface area contributed by atoms with Gasteiger partial charge in [-0.25, -0.2) is 4.79 Å². The quantitative estimate of drug-likeness (QED) is 0.339. The molecule has 6 rings (SSSR count). The summed E-state index contributed by atoms with van der Waals surface area (Å²) in [6.45, 7) is 1.39. The van der Waals surface area contributed by atoms with Crippen molar-refractivity contribution in [1.29, 1.82) is 0 Å². The largest absolute Gasteiger partial charge is 0.478 e. The summed E-state index contributed by atoms with van der Waals surface area (Å²) in [5, 5.41) is 26.3. The van der Waals surface area contributed by atoms with E-state index in [-0.39, 0.29) is 46.4 Å². The lowest BCUT2D eigenvalue weighted by atomic mass is 9.45. The SMILES string of the molecule is CN=C(N)N1C=C[C@H](CNC)[C@@]2(C1)[C@@H]1CC[C@H]3CCC4(CCCC4)CC(=O)[C@]4(O)C[C@@]32C(=C4C(=O)O)C1. The van der Waals surface area contributed by atoms with Crippen molar-refractivity contribution in [2.45, 2.75) is 76.2 Å². The maximum absolute atomic E-state index is 14.1. The van der Waals surface area contributed by atoms with Crippen molar-refractivity contribution in [2.24, 2.45) is 44.7 Å². The number of carboxylic acids is 1. The van der Waals surface area contributed by atoms with E-state index in [0.29, 0.717) is 25.3 Å². The molecule has 1 heterocycles. The number of nitrogens with zero attached hydrogens (tertiary/aromatic N) is 2. The lowest BCUT2D eigenvalue weighted by molar-refractivity contribution is -0.149. The summed E-state index contributed by atoms with van der Waals surface area (Å²) < 4.78 is 0. The van der Waals surface area contributed by atoms with E-state index in [4.69, 9.17) is 5.73 Å². The molecule has 8 heteroatoms. The van der Waals surface area contributed by atoms with Gasteiger partial charge in [0.25, 0.3) is 0 Å². The Kier molecular flexibility index (Phi) is 5.70. The van der Waals surface area contributed by atoms with Crippen molar-refractivity contribution in [3.8, 4) is 0 Å². The van der Waals surface area contributed by atoms with Crippen LogP contribution < -0.4 is 11.1 Å². The van der Waals surface area contributed by atoms with Gasteiger partial charge >= 0.3 is 5.97 Å². The Bertz CT molecular complexity index is 1110. The number of allylic oxidation sites excluding steroid dienone is 1. The highest BCUT2D eigenvalue weighted by Gasteiger charge is 2.76. The number of aliphatic hydroxyl groups is 1. The van der Waals surface area contributed by atoms with Gasteiger partial charge in [0.05, 0.1) is 5.57 Å². The molecule has 4 fully saturated rings. The summed E-state index contributed by atoms with van der Waals surface area (Å²) in [6.07, 6.45) is 13.7. The van der Waals surface area contributed by atoms with Gasteiger partial charge in [-0.15, -0.1) is 0 Å². The highest BCUT2D eigenvalue weighted by Crippen LogP contribution is 2.78. The number of carbonyl (C=O) groups is 2. The van der Waals surface area contributed by atoms with Gasteiger partial charge in [0.15, 0.2) is 17.3 Å². The molecule has 0 aromatic rings. The van der Waals surface area contributed by atoms with Crippen LogP contribution in [-0.4, -0.2) is 65.6 Å². The van der Waals surface area contributed by atoms with Crippen molar-refractivity contribution in [1.82, 2.24) is 10.2 Å². The van der Waals surface area contributed by atoms with Gasteiger partial charge in [-0.3, -0.25) is 9.79 Å². The zero-order valence-corrected chi connectivity index (χ0v) is 22.3. The van der Waals surface area contributed by atoms with Crippen LogP contribution in [0.25, 0.3) is 0 Å². The van der Waals surface area contributed by atoms with Gasteiger partial charge in [0.2, 0.25) is 0 Å². The monoisotopic (exact) mass is 510 g/mol. The summed E-state index contributed by atoms with van der Waals surface area (Å²) in [5.41, 5.74) is 4.35. The maximum Gasteiger partial charge on any atom is 0.334 e. The third kappa shape index (κ3) is 3.11. The van der Waals surface area contributed by atoms with E-state index in [0.717, 1.165) is 63.5 Å². The van der Waals surface area contributed by atoms with Crippen molar-refractivity contribution >= 4 is 17.7 Å². The fraction of sp³-hybridized carbons (Fsp3) is 0.759. The summed E-state index contributed by atoms with van der Waals surface area (Å²) in [7, 11) is 3.65. The van der Waals surface area contributed by atoms with Crippen LogP contribution >= 0.6 is 0 Å². The molecular weight excluding hydrogens is 468 g/mol. The molecule has 37 heavy (non-hydrogen) atoms. The molecule has 5 aliphatic carbocycles. The number of hydrogen-bond acceptors (Lipinski definition) is 5. The molecule has 0 saturated heterocycles. The third-order valence-electron chi connectivity index (χ3n) is 11.8. The predicted molar refractivity (Wildman–Crippen MR) is 140 cm³/mol. The Balaban J connectivity index is 1.60. The Morgan fingerprint density at radius 2 is 1.95 bits per heavy atom. The van der Waals surface area contributed by atoms with E-state index in [2.05, 4.69) is 16.4 Å². The van der Waals surface area contributed by atoms with Crippen LogP contribution in [0.5, 0.6) is 0 Å². The van der Waals surface area contributed by atoms with Crippen LogP contribution in [0, 0.1) is 34.0 Å². The number of carboxylic acid groups (broad SMARTS) is 1. The fourth-order valence-corrected chi connectivity index (χ4v) is 10.4. The molecule has 202 valence electrons. The first kappa shape index (κ1) is 25.1. The predicted octanol–water partition coefficient (Wildman–Crippen LogP) is 2.83. The normalized spacial score (nSPS) is 42.5. The molecule has 6 atom stereocenters. The number of nitrogens with two attached hydrogens (primary N) is 1. The van der Waals surface area contributed by atoms with E-state index in [1.807, 2.05) is 18.1 Å². The van der Waals surface area contributed by atoms with Crippen LogP contribution in [0.3, 0.4) is 0 Å². The Morgan fingerprint density at radius 3 is 2.62 bits per heavy atom. The minimum atomic E-state index is -1.92. The van der Waals surface area contributed by atoms with E-state index in [1.54, 1.807) is 7.05 Å². The molecule has 0 amide bonds. The molecule has 3 bridgehead atoms. The van der Waals surface area contributed by atoms with Gasteiger partial charge in [-0.05, 0) is 87.2 Å². The minimum absolute atomic E-state index is 0.0164. The van der Waals surface area contributed by atoms with Crippen molar-refractivity contribution in [2.75, 3.05) is 27.2 Å². The van der Waals surface area contributed by atoms with E-state index in [9.17, 15) is 19.8 Å². The van der Waals surface area contributed by atoms with E-state index < -0.39 is 17.0 Å². The van der Waals surface area contributed by atoms with Gasteiger partial charge in [-0.2, -0.15) is 0 Å². The molecule has 3 spiro atoms. The maximum atomic E-state index is 14.1. The van der Waals surface area contributed by atoms with Gasteiger partial charge in [0.1, 0.15) is 0 Å². The summed E-state index contributed by atoms with van der Waals surface area (Å²) in [4.78, 5) is 33.3. The lowest BCUT2D eigenvalue weighted by Crippen LogP contribution is -2.63. The van der Waals surface area contributed by atoms with Crippen molar-refractivity contribution in [3.05, 3.63) is 23.4 Å². The van der Waals surface area contributed by atoms with Crippen molar-refractivity contribution in [3.63, 3.8) is 0 Å². The smallest absolute Gasteiger partial charge is 0.334 e. The van der Waals surface area contributed by atoms with E-state index >= 15 is 0 Å². The fourth-order valence-electron chi connectivity index (χ4n) is 10.4. The Morgan fingerprint density at radius 1 is 1.22 bits per heavy atom. The number of nitrogens with one attached hydrogen (secondary N) is 1. The summed E-state index contributed by atoms with van der Waals surface area (Å²) in [5.74, 6) is -0.293. The zero-order chi connectivity index (χ0) is 26.2. The number of hydrogen-bond donors (Lipinski definition) is 4. The molecule has 6 aliphatic rings. The lowest BCUT2D eigenvalue weighted by Gasteiger charge is -2.61. The molecular formula is C29H42N4O4. The van der Waals surface area contributed by atoms with Crippen LogP contribution in [-0.2, 0) is 9.59 Å². The molecule has 0 aromatic heterocycles. The highest BCUT2D eigenvalue weighted by molar-refractivity contribution is 6.04. The second kappa shape index (κ2) is 8.40. The number of rotatable bonds is 3. The number of guanidine groups is 1. The van der Waals surface area contributed by atoms with Gasteiger partial charge < -0.3 is 26.2 Å². The van der Waals surface area contributed by atoms with E-state index in [1.165, 1.54) is 0 Å². The standard InChI is InChI=1S/C29H42N4O4/c1-31-15-20-8-12-33(25(30)32-2)17-28(20)19-6-5-18-7-11-26(9-3-4-10-26)14-22(34)29(37)16-27(18,28)21(13-19)23(29)24(35)36/h8,12,18-20,31,37H,3-7,9-11,13-17H2,1-2H3,(H2,30,32)(H,35,36)/t18-,19+,20+,27-,28+,29+/m0/s1. The van der Waals surface area contributed by atoms with Crippen molar-refractivity contribution < 1.29 is 19.8 Å². The number of aliphatic carboxylic acids is 1. The third-order valence-corrected chi connectivity index (χ3v) is 11.8. The number of carbonyl (C=O) groups excluding carboxylic acids is 1. The minimum Gasteiger partial charge on any atom is -0.478 e.